The van der Waals surface area contributed by atoms with Gasteiger partial charge in [-0.05, 0) is 38.2 Å². The molecule has 2 saturated heterocycles. The first-order chi connectivity index (χ1) is 11.3. The average Bonchev–Trinajstić information content (AvgIpc) is 3.47. The van der Waals surface area contributed by atoms with Gasteiger partial charge in [0.2, 0.25) is 11.9 Å². The molecule has 0 spiro atoms. The molecule has 23 heavy (non-hydrogen) atoms. The minimum absolute atomic E-state index is 0.325. The fourth-order valence-electron chi connectivity index (χ4n) is 3.51. The Morgan fingerprint density at radius 3 is 2.39 bits per heavy atom. The third kappa shape index (κ3) is 3.26. The predicted molar refractivity (Wildman–Crippen MR) is 89.6 cm³/mol. The first kappa shape index (κ1) is 14.7. The van der Waals surface area contributed by atoms with E-state index in [0.29, 0.717) is 11.8 Å². The van der Waals surface area contributed by atoms with E-state index in [1.54, 1.807) is 0 Å². The summed E-state index contributed by atoms with van der Waals surface area (Å²) in [6.07, 6.45) is 7.82. The van der Waals surface area contributed by atoms with Gasteiger partial charge in [-0.15, -0.1) is 0 Å². The van der Waals surface area contributed by atoms with Crippen LogP contribution in [0.3, 0.4) is 0 Å². The van der Waals surface area contributed by atoms with Gasteiger partial charge in [0, 0.05) is 51.4 Å². The molecule has 0 N–H and O–H groups in total. The second kappa shape index (κ2) is 6.34. The number of nitrogens with zero attached hydrogens (tertiary/aromatic N) is 5. The van der Waals surface area contributed by atoms with Crippen LogP contribution < -0.4 is 9.80 Å². The van der Waals surface area contributed by atoms with Crippen molar-refractivity contribution >= 4 is 17.7 Å². The van der Waals surface area contributed by atoms with Crippen LogP contribution in [0.5, 0.6) is 0 Å². The summed E-state index contributed by atoms with van der Waals surface area (Å²) in [6.45, 7) is 5.50. The molecule has 3 aliphatic rings. The molecule has 6 heteroatoms. The molecule has 4 rings (SSSR count). The number of piperazine rings is 1. The maximum Gasteiger partial charge on any atom is 0.227 e. The monoisotopic (exact) mass is 315 g/mol. The summed E-state index contributed by atoms with van der Waals surface area (Å²) in [4.78, 5) is 28.0. The zero-order valence-corrected chi connectivity index (χ0v) is 13.7. The van der Waals surface area contributed by atoms with E-state index in [0.717, 1.165) is 63.9 Å². The van der Waals surface area contributed by atoms with Crippen LogP contribution in [0.2, 0.25) is 0 Å². The van der Waals surface area contributed by atoms with E-state index in [-0.39, 0.29) is 0 Å². The van der Waals surface area contributed by atoms with Crippen molar-refractivity contribution in [1.82, 2.24) is 14.9 Å². The van der Waals surface area contributed by atoms with Gasteiger partial charge in [-0.1, -0.05) is 0 Å². The molecule has 2 aliphatic heterocycles. The van der Waals surface area contributed by atoms with Crippen LogP contribution in [0.15, 0.2) is 12.3 Å². The van der Waals surface area contributed by atoms with Crippen molar-refractivity contribution in [2.24, 2.45) is 5.92 Å². The summed E-state index contributed by atoms with van der Waals surface area (Å²) in [6, 6.07) is 1.99. The lowest BCUT2D eigenvalue weighted by atomic mass is 10.1. The number of piperidine rings is 1. The normalized spacial score (nSPS) is 22.3. The van der Waals surface area contributed by atoms with Crippen LogP contribution in [0.1, 0.15) is 32.1 Å². The fraction of sp³-hybridized carbons (Fsp3) is 0.706. The van der Waals surface area contributed by atoms with Gasteiger partial charge in [0.15, 0.2) is 0 Å². The number of amides is 1. The lowest BCUT2D eigenvalue weighted by molar-refractivity contribution is -0.132. The highest BCUT2D eigenvalue weighted by Gasteiger charge is 2.34. The summed E-state index contributed by atoms with van der Waals surface area (Å²) in [5.41, 5.74) is 0. The van der Waals surface area contributed by atoms with Crippen molar-refractivity contribution in [3.8, 4) is 0 Å². The van der Waals surface area contributed by atoms with E-state index < -0.39 is 0 Å². The zero-order chi connectivity index (χ0) is 15.6. The standard InChI is InChI=1S/C17H25N5O/c23-16(14-4-5-14)21-12-10-20(11-13-21)15-6-7-18-17(19-15)22-8-2-1-3-9-22/h6-7,14H,1-5,8-13H2. The van der Waals surface area contributed by atoms with Crippen LogP contribution >= 0.6 is 0 Å². The highest BCUT2D eigenvalue weighted by atomic mass is 16.2. The van der Waals surface area contributed by atoms with Crippen LogP contribution in [0, 0.1) is 5.92 Å². The van der Waals surface area contributed by atoms with Crippen LogP contribution in [0.4, 0.5) is 11.8 Å². The minimum Gasteiger partial charge on any atom is -0.353 e. The second-order valence-electron chi connectivity index (χ2n) is 6.85. The Morgan fingerprint density at radius 1 is 0.957 bits per heavy atom. The lowest BCUT2D eigenvalue weighted by Gasteiger charge is -2.36. The van der Waals surface area contributed by atoms with Gasteiger partial charge in [0.1, 0.15) is 5.82 Å². The highest BCUT2D eigenvalue weighted by Crippen LogP contribution is 2.31. The molecular formula is C17H25N5O. The van der Waals surface area contributed by atoms with Gasteiger partial charge in [-0.2, -0.15) is 4.98 Å². The number of hydrogen-bond acceptors (Lipinski definition) is 5. The summed E-state index contributed by atoms with van der Waals surface area (Å²) in [5, 5.41) is 0. The van der Waals surface area contributed by atoms with E-state index in [1.165, 1.54) is 19.3 Å². The average molecular weight is 315 g/mol. The quantitative estimate of drug-likeness (QED) is 0.846. The Kier molecular flexibility index (Phi) is 4.06. The van der Waals surface area contributed by atoms with Gasteiger partial charge in [-0.25, -0.2) is 4.98 Å². The Bertz CT molecular complexity index is 560. The predicted octanol–water partition coefficient (Wildman–Crippen LogP) is 1.53. The van der Waals surface area contributed by atoms with Crippen molar-refractivity contribution in [2.45, 2.75) is 32.1 Å². The molecule has 1 aromatic heterocycles. The summed E-state index contributed by atoms with van der Waals surface area (Å²) >= 11 is 0. The Labute approximate surface area is 137 Å². The Morgan fingerprint density at radius 2 is 1.70 bits per heavy atom. The van der Waals surface area contributed by atoms with Crippen molar-refractivity contribution in [1.29, 1.82) is 0 Å². The van der Waals surface area contributed by atoms with Crippen molar-refractivity contribution in [3.63, 3.8) is 0 Å². The number of aromatic nitrogens is 2. The third-order valence-corrected chi connectivity index (χ3v) is 5.11. The molecule has 0 atom stereocenters. The molecule has 0 bridgehead atoms. The lowest BCUT2D eigenvalue weighted by Crippen LogP contribution is -2.49. The summed E-state index contributed by atoms with van der Waals surface area (Å²) < 4.78 is 0. The molecular weight excluding hydrogens is 290 g/mol. The largest absolute Gasteiger partial charge is 0.353 e. The van der Waals surface area contributed by atoms with E-state index in [4.69, 9.17) is 4.98 Å². The van der Waals surface area contributed by atoms with Crippen molar-refractivity contribution in [3.05, 3.63) is 12.3 Å². The minimum atomic E-state index is 0.325. The highest BCUT2D eigenvalue weighted by molar-refractivity contribution is 5.81. The molecule has 3 fully saturated rings. The summed E-state index contributed by atoms with van der Waals surface area (Å²) in [5.74, 6) is 2.55. The van der Waals surface area contributed by atoms with Gasteiger partial charge in [0.05, 0.1) is 0 Å². The van der Waals surface area contributed by atoms with Gasteiger partial charge >= 0.3 is 0 Å². The first-order valence-electron chi connectivity index (χ1n) is 8.93. The van der Waals surface area contributed by atoms with E-state index >= 15 is 0 Å². The molecule has 0 unspecified atom stereocenters. The van der Waals surface area contributed by atoms with Crippen molar-refractivity contribution < 1.29 is 4.79 Å². The van der Waals surface area contributed by atoms with Crippen molar-refractivity contribution in [2.75, 3.05) is 49.1 Å². The maximum absolute atomic E-state index is 12.1. The molecule has 1 saturated carbocycles. The molecule has 1 aromatic rings. The SMILES string of the molecule is O=C(C1CC1)N1CCN(c2ccnc(N3CCCCC3)n2)CC1. The maximum atomic E-state index is 12.1. The molecule has 124 valence electrons. The van der Waals surface area contributed by atoms with Crippen LogP contribution in [-0.4, -0.2) is 60.0 Å². The molecule has 0 aromatic carbocycles. The molecule has 6 nitrogen and oxygen atoms in total. The number of anilines is 2. The smallest absolute Gasteiger partial charge is 0.227 e. The Hall–Kier alpha value is -1.85. The molecule has 3 heterocycles. The number of carbonyl (C=O) groups excluding carboxylic acids is 1. The molecule has 1 amide bonds. The Balaban J connectivity index is 1.39. The number of hydrogen-bond donors (Lipinski definition) is 0. The first-order valence-corrected chi connectivity index (χ1v) is 8.93. The van der Waals surface area contributed by atoms with E-state index in [2.05, 4.69) is 14.8 Å². The van der Waals surface area contributed by atoms with Crippen LogP contribution in [-0.2, 0) is 4.79 Å². The van der Waals surface area contributed by atoms with E-state index in [1.807, 2.05) is 17.2 Å². The fourth-order valence-corrected chi connectivity index (χ4v) is 3.51. The van der Waals surface area contributed by atoms with Gasteiger partial charge in [0.25, 0.3) is 0 Å². The van der Waals surface area contributed by atoms with Crippen LogP contribution in [0.25, 0.3) is 0 Å². The molecule has 0 radical (unpaired) electrons. The topological polar surface area (TPSA) is 52.6 Å². The summed E-state index contributed by atoms with van der Waals surface area (Å²) in [7, 11) is 0. The second-order valence-corrected chi connectivity index (χ2v) is 6.85. The van der Waals surface area contributed by atoms with Gasteiger partial charge in [-0.3, -0.25) is 4.79 Å². The van der Waals surface area contributed by atoms with E-state index in [9.17, 15) is 4.79 Å². The third-order valence-electron chi connectivity index (χ3n) is 5.11. The van der Waals surface area contributed by atoms with Gasteiger partial charge < -0.3 is 14.7 Å². The molecule has 1 aliphatic carbocycles. The zero-order valence-electron chi connectivity index (χ0n) is 13.7. The number of rotatable bonds is 3. The number of carbonyl (C=O) groups is 1.